The van der Waals surface area contributed by atoms with Crippen LogP contribution >= 0.6 is 0 Å². The van der Waals surface area contributed by atoms with Gasteiger partial charge in [0.05, 0.1) is 11.3 Å². The number of nitrogens with zero attached hydrogens (tertiary/aromatic N) is 5. The van der Waals surface area contributed by atoms with Crippen LogP contribution in [0, 0.1) is 6.92 Å². The van der Waals surface area contributed by atoms with Crippen LogP contribution in [0.2, 0.25) is 0 Å². The minimum absolute atomic E-state index is 0.0489. The summed E-state index contributed by atoms with van der Waals surface area (Å²) in [6.07, 6.45) is 6.83. The summed E-state index contributed by atoms with van der Waals surface area (Å²) in [5.41, 5.74) is 1.33. The molecule has 2 N–H and O–H groups in total. The number of carbonyl (C=O) groups excluding carboxylic acids is 1. The van der Waals surface area contributed by atoms with Crippen LogP contribution in [0.4, 0.5) is 17.5 Å². The lowest BCUT2D eigenvalue weighted by Crippen LogP contribution is -2.43. The summed E-state index contributed by atoms with van der Waals surface area (Å²) >= 11 is 0. The van der Waals surface area contributed by atoms with E-state index in [9.17, 15) is 9.59 Å². The third kappa shape index (κ3) is 3.97. The van der Waals surface area contributed by atoms with Crippen molar-refractivity contribution in [3.8, 4) is 0 Å². The largest absolute Gasteiger partial charge is 0.366 e. The standard InChI is InChI=1S/C24H29N7O2/c1-15-18-14-27-24(28-21-19(8-5-9-26-21)30-12-10-25-11-13-30)29-22(18)31(17-6-3-4-7-17)23(33)20(15)16(2)32/h5,8-9,14,17,25H,3-4,6-7,10-13H2,1-2H3,(H,26,27,28,29)/i10D2,11D2. The van der Waals surface area contributed by atoms with E-state index in [-0.39, 0.29) is 42.0 Å². The molecule has 9 heteroatoms. The highest BCUT2D eigenvalue weighted by Gasteiger charge is 2.26. The number of pyridine rings is 2. The average molecular weight is 452 g/mol. The number of ketones is 1. The van der Waals surface area contributed by atoms with Crippen LogP contribution in [0.15, 0.2) is 29.3 Å². The molecule has 5 rings (SSSR count). The summed E-state index contributed by atoms with van der Waals surface area (Å²) in [5, 5.41) is 6.10. The van der Waals surface area contributed by atoms with Crippen LogP contribution < -0.4 is 21.1 Å². The van der Waals surface area contributed by atoms with Gasteiger partial charge in [-0.3, -0.25) is 14.2 Å². The van der Waals surface area contributed by atoms with Gasteiger partial charge in [-0.25, -0.2) is 9.97 Å². The number of piperazine rings is 1. The summed E-state index contributed by atoms with van der Waals surface area (Å²) in [4.78, 5) is 40.9. The van der Waals surface area contributed by atoms with Crippen LogP contribution in [0.3, 0.4) is 0 Å². The van der Waals surface area contributed by atoms with Crippen LogP contribution in [0.1, 0.15) is 60.1 Å². The van der Waals surface area contributed by atoms with Gasteiger partial charge in [0, 0.05) is 55.4 Å². The highest BCUT2D eigenvalue weighted by atomic mass is 16.1. The molecule has 1 saturated heterocycles. The molecule has 2 aliphatic rings. The molecule has 0 bridgehead atoms. The molecule has 0 aromatic carbocycles. The van der Waals surface area contributed by atoms with Crippen LogP contribution in [0.25, 0.3) is 11.0 Å². The van der Waals surface area contributed by atoms with Gasteiger partial charge in [0.2, 0.25) is 5.95 Å². The third-order valence-electron chi connectivity index (χ3n) is 6.32. The van der Waals surface area contributed by atoms with Crippen molar-refractivity contribution in [3.05, 3.63) is 46.0 Å². The predicted octanol–water partition coefficient (Wildman–Crippen LogP) is 2.97. The van der Waals surface area contributed by atoms with Crippen molar-refractivity contribution in [1.82, 2.24) is 24.8 Å². The number of hydrogen-bond acceptors (Lipinski definition) is 8. The highest BCUT2D eigenvalue weighted by molar-refractivity contribution is 5.99. The Morgan fingerprint density at radius 2 is 2.00 bits per heavy atom. The number of aromatic nitrogens is 4. The first-order valence-corrected chi connectivity index (χ1v) is 11.1. The van der Waals surface area contributed by atoms with Gasteiger partial charge in [0.1, 0.15) is 5.65 Å². The Balaban J connectivity index is 1.58. The van der Waals surface area contributed by atoms with Crippen molar-refractivity contribution in [2.45, 2.75) is 45.6 Å². The van der Waals surface area contributed by atoms with E-state index < -0.39 is 13.0 Å². The van der Waals surface area contributed by atoms with Gasteiger partial charge in [-0.2, -0.15) is 4.98 Å². The molecule has 0 atom stereocenters. The first-order chi connectivity index (χ1) is 17.5. The fraction of sp³-hybridized carbons (Fsp3) is 0.458. The molecule has 0 spiro atoms. The molecule has 172 valence electrons. The van der Waals surface area contributed by atoms with Crippen LogP contribution in [0.5, 0.6) is 0 Å². The molecule has 1 aliphatic carbocycles. The smallest absolute Gasteiger partial charge is 0.263 e. The van der Waals surface area contributed by atoms with Gasteiger partial charge < -0.3 is 15.5 Å². The number of anilines is 3. The number of carbonyl (C=O) groups is 1. The third-order valence-corrected chi connectivity index (χ3v) is 6.32. The topological polar surface area (TPSA) is 105 Å². The van der Waals surface area contributed by atoms with Crippen molar-refractivity contribution < 1.29 is 10.3 Å². The number of rotatable bonds is 5. The van der Waals surface area contributed by atoms with Crippen molar-refractivity contribution in [3.63, 3.8) is 0 Å². The lowest BCUT2D eigenvalue weighted by molar-refractivity contribution is 0.101. The summed E-state index contributed by atoms with van der Waals surface area (Å²) < 4.78 is 34.0. The molecule has 3 aromatic heterocycles. The molecule has 2 fully saturated rings. The quantitative estimate of drug-likeness (QED) is 0.571. The fourth-order valence-electron chi connectivity index (χ4n) is 4.72. The molecule has 1 saturated carbocycles. The maximum atomic E-state index is 13.4. The SMILES string of the molecule is [2H]C1([2H])CN(c2cccnc2Nc2ncc3c(C)c(C(C)=O)c(=O)n(C4CCCC4)c3n2)CC([2H])([2H])N1. The van der Waals surface area contributed by atoms with Gasteiger partial charge >= 0.3 is 0 Å². The zero-order valence-corrected chi connectivity index (χ0v) is 18.7. The molecule has 0 radical (unpaired) electrons. The number of Topliss-reactive ketones (excluding diaryl/α,β-unsaturated/α-hetero) is 1. The van der Waals surface area contributed by atoms with Crippen molar-refractivity contribution in [2.24, 2.45) is 0 Å². The molecule has 0 amide bonds. The summed E-state index contributed by atoms with van der Waals surface area (Å²) in [6.45, 7) is -0.928. The van der Waals surface area contributed by atoms with E-state index in [2.05, 4.69) is 20.6 Å². The first kappa shape index (κ1) is 17.2. The molecular formula is C24H29N7O2. The summed E-state index contributed by atoms with van der Waals surface area (Å²) in [6, 6.07) is 3.37. The Labute approximate surface area is 197 Å². The lowest BCUT2D eigenvalue weighted by atomic mass is 10.0. The second-order valence-electron chi connectivity index (χ2n) is 8.43. The molecule has 4 heterocycles. The van der Waals surface area contributed by atoms with E-state index in [1.54, 1.807) is 40.9 Å². The van der Waals surface area contributed by atoms with E-state index in [1.807, 2.05) is 0 Å². The van der Waals surface area contributed by atoms with E-state index in [0.717, 1.165) is 25.7 Å². The summed E-state index contributed by atoms with van der Waals surface area (Å²) in [5.74, 6) is 0.240. The van der Waals surface area contributed by atoms with Crippen LogP contribution in [-0.4, -0.2) is 51.4 Å². The molecular weight excluding hydrogens is 418 g/mol. The Kier molecular flexibility index (Phi) is 4.63. The van der Waals surface area contributed by atoms with Gasteiger partial charge in [0.15, 0.2) is 11.6 Å². The maximum absolute atomic E-state index is 13.4. The fourth-order valence-corrected chi connectivity index (χ4v) is 4.72. The molecule has 0 unspecified atom stereocenters. The normalized spacial score (nSPS) is 21.8. The van der Waals surface area contributed by atoms with E-state index in [4.69, 9.17) is 10.5 Å². The van der Waals surface area contributed by atoms with E-state index in [1.165, 1.54) is 6.92 Å². The van der Waals surface area contributed by atoms with Gasteiger partial charge in [-0.05, 0) is 44.4 Å². The first-order valence-electron chi connectivity index (χ1n) is 13.1. The number of aryl methyl sites for hydroxylation is 1. The van der Waals surface area contributed by atoms with Crippen LogP contribution in [-0.2, 0) is 0 Å². The highest BCUT2D eigenvalue weighted by Crippen LogP contribution is 2.32. The zero-order valence-electron chi connectivity index (χ0n) is 22.7. The Morgan fingerprint density at radius 1 is 1.24 bits per heavy atom. The Bertz CT molecular complexity index is 1420. The monoisotopic (exact) mass is 451 g/mol. The zero-order chi connectivity index (χ0) is 26.5. The molecule has 9 nitrogen and oxygen atoms in total. The van der Waals surface area contributed by atoms with Crippen molar-refractivity contribution in [2.75, 3.05) is 36.3 Å². The van der Waals surface area contributed by atoms with E-state index >= 15 is 0 Å². The predicted molar refractivity (Wildman–Crippen MR) is 129 cm³/mol. The minimum Gasteiger partial charge on any atom is -0.366 e. The number of fused-ring (bicyclic) bond motifs is 1. The second-order valence-corrected chi connectivity index (χ2v) is 8.43. The minimum atomic E-state index is -1.95. The Hall–Kier alpha value is -3.33. The van der Waals surface area contributed by atoms with Gasteiger partial charge in [-0.1, -0.05) is 12.8 Å². The average Bonchev–Trinajstić information content (AvgIpc) is 3.31. The van der Waals surface area contributed by atoms with Gasteiger partial charge in [-0.15, -0.1) is 0 Å². The molecule has 3 aromatic rings. The number of hydrogen-bond donors (Lipinski definition) is 2. The summed E-state index contributed by atoms with van der Waals surface area (Å²) in [7, 11) is 0. The Morgan fingerprint density at radius 3 is 2.73 bits per heavy atom. The lowest BCUT2D eigenvalue weighted by Gasteiger charge is -2.30. The van der Waals surface area contributed by atoms with Crippen molar-refractivity contribution >= 4 is 34.3 Å². The number of nitrogens with one attached hydrogen (secondary N) is 2. The molecule has 1 aliphatic heterocycles. The maximum Gasteiger partial charge on any atom is 0.263 e. The molecule has 33 heavy (non-hydrogen) atoms. The van der Waals surface area contributed by atoms with Gasteiger partial charge in [0.25, 0.3) is 5.56 Å². The second kappa shape index (κ2) is 8.90. The van der Waals surface area contributed by atoms with E-state index in [0.29, 0.717) is 28.1 Å². The van der Waals surface area contributed by atoms with Crippen molar-refractivity contribution in [1.29, 1.82) is 0 Å².